The predicted molar refractivity (Wildman–Crippen MR) is 114 cm³/mol. The number of nitrogens with one attached hydrogen (secondary N) is 2. The van der Waals surface area contributed by atoms with Crippen molar-refractivity contribution >= 4 is 45.7 Å². The molecule has 0 atom stereocenters. The third-order valence-corrected chi connectivity index (χ3v) is 4.82. The summed E-state index contributed by atoms with van der Waals surface area (Å²) in [5.41, 5.74) is 2.69. The number of nitro benzene ring substituents is 1. The lowest BCUT2D eigenvalue weighted by molar-refractivity contribution is -0.384. The van der Waals surface area contributed by atoms with E-state index in [1.165, 1.54) is 48.7 Å². The van der Waals surface area contributed by atoms with Crippen LogP contribution in [-0.4, -0.2) is 27.9 Å². The van der Waals surface area contributed by atoms with Crippen molar-refractivity contribution in [3.05, 3.63) is 96.9 Å². The second-order valence-corrected chi connectivity index (χ2v) is 7.07. The molecule has 0 unspecified atom stereocenters. The Morgan fingerprint density at radius 3 is 2.29 bits per heavy atom. The number of non-ortho nitro benzene ring substituents is 1. The van der Waals surface area contributed by atoms with Gasteiger partial charge < -0.3 is 5.32 Å². The van der Waals surface area contributed by atoms with Gasteiger partial charge in [-0.2, -0.15) is 5.10 Å². The summed E-state index contributed by atoms with van der Waals surface area (Å²) in [5.74, 6) is -1.13. The molecule has 0 spiro atoms. The standard InChI is InChI=1S/C19H13N5O6S/c25-18(13-4-2-6-15(10-13)23(27)28)21-14-5-1-3-12(9-14)19(26)22-20-11-16-7-8-17(31-16)24(29)30/h1-11H,(H,21,25)(H,22,26). The second kappa shape index (κ2) is 9.37. The Hall–Kier alpha value is -4.45. The van der Waals surface area contributed by atoms with Gasteiger partial charge in [-0.1, -0.05) is 23.5 Å². The fourth-order valence-corrected chi connectivity index (χ4v) is 3.12. The van der Waals surface area contributed by atoms with E-state index in [1.54, 1.807) is 12.1 Å². The van der Waals surface area contributed by atoms with E-state index in [0.29, 0.717) is 10.6 Å². The van der Waals surface area contributed by atoms with Crippen molar-refractivity contribution in [2.75, 3.05) is 5.32 Å². The zero-order valence-electron chi connectivity index (χ0n) is 15.6. The minimum absolute atomic E-state index is 0.0417. The Labute approximate surface area is 178 Å². The van der Waals surface area contributed by atoms with E-state index in [1.807, 2.05) is 0 Å². The van der Waals surface area contributed by atoms with Gasteiger partial charge in [-0.05, 0) is 30.3 Å². The van der Waals surface area contributed by atoms with E-state index in [9.17, 15) is 29.8 Å². The van der Waals surface area contributed by atoms with Gasteiger partial charge in [0.05, 0.1) is 20.9 Å². The molecule has 2 N–H and O–H groups in total. The molecule has 156 valence electrons. The minimum atomic E-state index is -0.601. The van der Waals surface area contributed by atoms with Gasteiger partial charge in [0.15, 0.2) is 0 Å². The van der Waals surface area contributed by atoms with Crippen molar-refractivity contribution < 1.29 is 19.4 Å². The Morgan fingerprint density at radius 1 is 0.903 bits per heavy atom. The molecule has 31 heavy (non-hydrogen) atoms. The van der Waals surface area contributed by atoms with Crippen LogP contribution in [0.25, 0.3) is 0 Å². The van der Waals surface area contributed by atoms with Crippen LogP contribution in [0.15, 0.2) is 65.8 Å². The van der Waals surface area contributed by atoms with Crippen LogP contribution in [0, 0.1) is 20.2 Å². The van der Waals surface area contributed by atoms with Gasteiger partial charge in [0.2, 0.25) is 0 Å². The molecule has 1 aromatic heterocycles. The molecular weight excluding hydrogens is 426 g/mol. The van der Waals surface area contributed by atoms with Crippen molar-refractivity contribution in [3.8, 4) is 0 Å². The molecule has 1 heterocycles. The topological polar surface area (TPSA) is 157 Å². The van der Waals surface area contributed by atoms with Crippen molar-refractivity contribution in [1.82, 2.24) is 5.43 Å². The highest BCUT2D eigenvalue weighted by Gasteiger charge is 2.13. The van der Waals surface area contributed by atoms with Gasteiger partial charge in [0.25, 0.3) is 17.5 Å². The maximum absolute atomic E-state index is 12.3. The average Bonchev–Trinajstić information content (AvgIpc) is 3.23. The molecule has 0 saturated carbocycles. The molecule has 0 fully saturated rings. The molecule has 11 nitrogen and oxygen atoms in total. The SMILES string of the molecule is O=C(NN=Cc1ccc([N+](=O)[O-])s1)c1cccc(NC(=O)c2cccc([N+](=O)[O-])c2)c1. The molecular formula is C19H13N5O6S. The molecule has 0 radical (unpaired) electrons. The van der Waals surface area contributed by atoms with Gasteiger partial charge in [-0.25, -0.2) is 5.43 Å². The number of hydrogen-bond acceptors (Lipinski definition) is 8. The lowest BCUT2D eigenvalue weighted by Gasteiger charge is -2.07. The van der Waals surface area contributed by atoms with E-state index in [-0.39, 0.29) is 21.8 Å². The normalized spacial score (nSPS) is 10.6. The fourth-order valence-electron chi connectivity index (χ4n) is 2.43. The monoisotopic (exact) mass is 439 g/mol. The molecule has 0 aliphatic rings. The van der Waals surface area contributed by atoms with Crippen LogP contribution in [0.5, 0.6) is 0 Å². The first-order valence-electron chi connectivity index (χ1n) is 8.57. The fraction of sp³-hybridized carbons (Fsp3) is 0. The summed E-state index contributed by atoms with van der Waals surface area (Å²) >= 11 is 0.909. The number of rotatable bonds is 7. The summed E-state index contributed by atoms with van der Waals surface area (Å²) < 4.78 is 0. The number of amides is 2. The summed E-state index contributed by atoms with van der Waals surface area (Å²) in [5, 5.41) is 27.8. The number of hydrazone groups is 1. The quantitative estimate of drug-likeness (QED) is 0.325. The van der Waals surface area contributed by atoms with Gasteiger partial charge in [-0.3, -0.25) is 29.8 Å². The first-order valence-corrected chi connectivity index (χ1v) is 9.38. The predicted octanol–water partition coefficient (Wildman–Crippen LogP) is 3.58. The summed E-state index contributed by atoms with van der Waals surface area (Å²) in [6.45, 7) is 0. The third kappa shape index (κ3) is 5.55. The van der Waals surface area contributed by atoms with E-state index in [4.69, 9.17) is 0 Å². The van der Waals surface area contributed by atoms with E-state index < -0.39 is 21.7 Å². The first kappa shape index (κ1) is 21.3. The van der Waals surface area contributed by atoms with E-state index in [0.717, 1.165) is 17.4 Å². The maximum Gasteiger partial charge on any atom is 0.324 e. The van der Waals surface area contributed by atoms with Gasteiger partial charge in [0, 0.05) is 35.0 Å². The Kier molecular flexibility index (Phi) is 6.42. The molecule has 2 aromatic carbocycles. The largest absolute Gasteiger partial charge is 0.324 e. The van der Waals surface area contributed by atoms with Crippen LogP contribution in [0.2, 0.25) is 0 Å². The summed E-state index contributed by atoms with van der Waals surface area (Å²) in [7, 11) is 0. The molecule has 0 aliphatic heterocycles. The molecule has 3 aromatic rings. The minimum Gasteiger partial charge on any atom is -0.322 e. The van der Waals surface area contributed by atoms with Crippen LogP contribution >= 0.6 is 11.3 Å². The number of benzene rings is 2. The van der Waals surface area contributed by atoms with E-state index in [2.05, 4.69) is 15.8 Å². The van der Waals surface area contributed by atoms with Crippen molar-refractivity contribution in [1.29, 1.82) is 0 Å². The first-order chi connectivity index (χ1) is 14.8. The molecule has 3 rings (SSSR count). The lowest BCUT2D eigenvalue weighted by atomic mass is 10.1. The molecule has 0 bridgehead atoms. The van der Waals surface area contributed by atoms with Crippen molar-refractivity contribution in [2.45, 2.75) is 0 Å². The summed E-state index contributed by atoms with van der Waals surface area (Å²) in [6.07, 6.45) is 1.28. The second-order valence-electron chi connectivity index (χ2n) is 5.97. The van der Waals surface area contributed by atoms with Gasteiger partial charge in [0.1, 0.15) is 0 Å². The molecule has 12 heteroatoms. The van der Waals surface area contributed by atoms with Crippen LogP contribution in [-0.2, 0) is 0 Å². The van der Waals surface area contributed by atoms with E-state index >= 15 is 0 Å². The zero-order valence-corrected chi connectivity index (χ0v) is 16.4. The zero-order chi connectivity index (χ0) is 22.4. The Bertz CT molecular complexity index is 1210. The lowest BCUT2D eigenvalue weighted by Crippen LogP contribution is -2.18. The Balaban J connectivity index is 1.65. The number of nitrogens with zero attached hydrogens (tertiary/aromatic N) is 3. The average molecular weight is 439 g/mol. The molecule has 0 aliphatic carbocycles. The third-order valence-electron chi connectivity index (χ3n) is 3.85. The maximum atomic E-state index is 12.3. The number of hydrogen-bond donors (Lipinski definition) is 2. The summed E-state index contributed by atoms with van der Waals surface area (Å²) in [4.78, 5) is 45.5. The number of anilines is 1. The van der Waals surface area contributed by atoms with Crippen molar-refractivity contribution in [3.63, 3.8) is 0 Å². The highest BCUT2D eigenvalue weighted by molar-refractivity contribution is 7.16. The van der Waals surface area contributed by atoms with Crippen LogP contribution in [0.1, 0.15) is 25.6 Å². The molecule has 0 saturated heterocycles. The molecule has 2 amide bonds. The van der Waals surface area contributed by atoms with Crippen molar-refractivity contribution in [2.24, 2.45) is 5.10 Å². The van der Waals surface area contributed by atoms with Crippen LogP contribution < -0.4 is 10.7 Å². The van der Waals surface area contributed by atoms with Gasteiger partial charge >= 0.3 is 5.00 Å². The number of carbonyl (C=O) groups excluding carboxylic acids is 2. The van der Waals surface area contributed by atoms with Gasteiger partial charge in [-0.15, -0.1) is 0 Å². The Morgan fingerprint density at radius 2 is 1.61 bits per heavy atom. The highest BCUT2D eigenvalue weighted by Crippen LogP contribution is 2.22. The highest BCUT2D eigenvalue weighted by atomic mass is 32.1. The number of carbonyl (C=O) groups is 2. The number of thiophene rings is 1. The number of nitro groups is 2. The smallest absolute Gasteiger partial charge is 0.322 e. The van der Waals surface area contributed by atoms with Crippen LogP contribution in [0.3, 0.4) is 0 Å². The van der Waals surface area contributed by atoms with Crippen LogP contribution in [0.4, 0.5) is 16.4 Å². The summed E-state index contributed by atoms with van der Waals surface area (Å²) in [6, 6.07) is 14.1.